The van der Waals surface area contributed by atoms with Crippen LogP contribution in [-0.2, 0) is 6.42 Å². The number of aryl methyl sites for hydroxylation is 1. The van der Waals surface area contributed by atoms with E-state index in [4.69, 9.17) is 0 Å². The Hall–Kier alpha value is -0.670. The minimum Gasteiger partial charge on any atom is -0.206 e. The van der Waals surface area contributed by atoms with Crippen LogP contribution < -0.4 is 0 Å². The lowest BCUT2D eigenvalue weighted by atomic mass is 10.0. The van der Waals surface area contributed by atoms with E-state index in [1.54, 1.807) is 6.07 Å². The number of rotatable bonds is 5. The molecule has 0 bridgehead atoms. The molecular weight excluding hydrogens is 383 g/mol. The topological polar surface area (TPSA) is 0 Å². The molecule has 0 saturated carbocycles. The zero-order valence-corrected chi connectivity index (χ0v) is 14.5. The second kappa shape index (κ2) is 7.37. The highest BCUT2D eigenvalue weighted by Crippen LogP contribution is 2.36. The van der Waals surface area contributed by atoms with E-state index in [9.17, 15) is 4.39 Å². The maximum absolute atomic E-state index is 13.6. The van der Waals surface area contributed by atoms with Gasteiger partial charge in [0, 0.05) is 0 Å². The third kappa shape index (κ3) is 3.70. The molecule has 0 amide bonds. The molecule has 0 radical (unpaired) electrons. The van der Waals surface area contributed by atoms with Gasteiger partial charge in [0.2, 0.25) is 0 Å². The van der Waals surface area contributed by atoms with Crippen LogP contribution >= 0.6 is 31.9 Å². The van der Waals surface area contributed by atoms with Crippen LogP contribution in [0.3, 0.4) is 0 Å². The Morgan fingerprint density at radius 2 is 1.80 bits per heavy atom. The number of benzene rings is 2. The number of halogens is 3. The normalized spacial score (nSPS) is 12.4. The molecule has 2 aromatic carbocycles. The first-order valence-corrected chi connectivity index (χ1v) is 8.51. The van der Waals surface area contributed by atoms with Gasteiger partial charge in [0.25, 0.3) is 0 Å². The van der Waals surface area contributed by atoms with Gasteiger partial charge in [-0.3, -0.25) is 0 Å². The molecule has 3 heteroatoms. The predicted molar refractivity (Wildman–Crippen MR) is 89.9 cm³/mol. The van der Waals surface area contributed by atoms with Crippen molar-refractivity contribution in [3.8, 4) is 0 Å². The van der Waals surface area contributed by atoms with Gasteiger partial charge in [0.1, 0.15) is 5.82 Å². The molecule has 2 aromatic rings. The summed E-state index contributed by atoms with van der Waals surface area (Å²) >= 11 is 6.98. The van der Waals surface area contributed by atoms with E-state index in [0.717, 1.165) is 17.5 Å². The quantitative estimate of drug-likeness (QED) is 0.509. The maximum atomic E-state index is 13.6. The number of alkyl halides is 1. The van der Waals surface area contributed by atoms with Crippen molar-refractivity contribution >= 4 is 31.9 Å². The molecule has 0 spiro atoms. The summed E-state index contributed by atoms with van der Waals surface area (Å²) in [7, 11) is 0. The minimum absolute atomic E-state index is 0.00667. The molecule has 0 fully saturated rings. The second-order valence-corrected chi connectivity index (χ2v) is 6.56. The zero-order chi connectivity index (χ0) is 14.5. The summed E-state index contributed by atoms with van der Waals surface area (Å²) in [6.45, 7) is 2.20. The van der Waals surface area contributed by atoms with Gasteiger partial charge in [-0.05, 0) is 51.5 Å². The second-order valence-electron chi connectivity index (χ2n) is 4.85. The average molecular weight is 400 g/mol. The molecule has 0 nitrogen and oxygen atoms in total. The summed E-state index contributed by atoms with van der Waals surface area (Å²) in [5.41, 5.74) is 3.40. The van der Waals surface area contributed by atoms with E-state index >= 15 is 0 Å². The summed E-state index contributed by atoms with van der Waals surface area (Å²) in [6, 6.07) is 13.7. The van der Waals surface area contributed by atoms with Gasteiger partial charge < -0.3 is 0 Å². The Balaban J connectivity index is 2.20. The highest BCUT2D eigenvalue weighted by molar-refractivity contribution is 9.11. The van der Waals surface area contributed by atoms with E-state index in [1.165, 1.54) is 24.5 Å². The van der Waals surface area contributed by atoms with E-state index in [1.807, 2.05) is 6.07 Å². The highest BCUT2D eigenvalue weighted by Gasteiger charge is 2.15. The fourth-order valence-corrected chi connectivity index (χ4v) is 3.62. The lowest BCUT2D eigenvalue weighted by Crippen LogP contribution is -1.96. The van der Waals surface area contributed by atoms with Crippen LogP contribution in [0.25, 0.3) is 0 Å². The van der Waals surface area contributed by atoms with Crippen molar-refractivity contribution in [3.05, 3.63) is 69.4 Å². The van der Waals surface area contributed by atoms with Crippen LogP contribution in [-0.4, -0.2) is 0 Å². The van der Waals surface area contributed by atoms with Crippen molar-refractivity contribution in [1.82, 2.24) is 0 Å². The number of hydrogen-bond acceptors (Lipinski definition) is 0. The standard InChI is InChI=1S/C17H17Br2F/c1-2-3-5-12-8-10-13(11-9-12)16(18)14-6-4-7-15(20)17(14)19/h4,6-11,16H,2-3,5H2,1H3. The Kier molecular flexibility index (Phi) is 5.79. The smallest absolute Gasteiger partial charge is 0.137 e. The molecule has 106 valence electrons. The predicted octanol–water partition coefficient (Wildman–Crippen LogP) is 6.42. The van der Waals surface area contributed by atoms with Crippen LogP contribution in [0.4, 0.5) is 4.39 Å². The van der Waals surface area contributed by atoms with E-state index < -0.39 is 0 Å². The largest absolute Gasteiger partial charge is 0.206 e. The van der Waals surface area contributed by atoms with Gasteiger partial charge >= 0.3 is 0 Å². The molecule has 0 aliphatic rings. The van der Waals surface area contributed by atoms with Crippen molar-refractivity contribution < 1.29 is 4.39 Å². The molecular formula is C17H17Br2F. The van der Waals surface area contributed by atoms with Crippen molar-refractivity contribution in [2.24, 2.45) is 0 Å². The van der Waals surface area contributed by atoms with Gasteiger partial charge in [-0.25, -0.2) is 4.39 Å². The van der Waals surface area contributed by atoms with Gasteiger partial charge in [-0.2, -0.15) is 0 Å². The summed E-state index contributed by atoms with van der Waals surface area (Å²) in [5.74, 6) is -0.230. The van der Waals surface area contributed by atoms with Gasteiger partial charge in [-0.15, -0.1) is 0 Å². The number of unbranched alkanes of at least 4 members (excludes halogenated alkanes) is 1. The lowest BCUT2D eigenvalue weighted by Gasteiger charge is -2.13. The molecule has 0 aliphatic heterocycles. The molecule has 0 heterocycles. The number of hydrogen-bond donors (Lipinski definition) is 0. The van der Waals surface area contributed by atoms with Crippen LogP contribution in [0.1, 0.15) is 41.3 Å². The Morgan fingerprint density at radius 1 is 1.10 bits per heavy atom. The zero-order valence-electron chi connectivity index (χ0n) is 11.4. The van der Waals surface area contributed by atoms with Crippen LogP contribution in [0, 0.1) is 5.82 Å². The molecule has 2 rings (SSSR count). The third-order valence-electron chi connectivity index (χ3n) is 3.35. The first-order valence-electron chi connectivity index (χ1n) is 6.80. The SMILES string of the molecule is CCCCc1ccc(C(Br)c2cccc(F)c2Br)cc1. The molecule has 20 heavy (non-hydrogen) atoms. The molecule has 1 unspecified atom stereocenters. The first-order chi connectivity index (χ1) is 9.63. The molecule has 0 aliphatic carbocycles. The first kappa shape index (κ1) is 15.7. The highest BCUT2D eigenvalue weighted by atomic mass is 79.9. The van der Waals surface area contributed by atoms with Gasteiger partial charge in [0.05, 0.1) is 9.30 Å². The summed E-state index contributed by atoms with van der Waals surface area (Å²) in [5, 5.41) is 0. The molecule has 0 saturated heterocycles. The third-order valence-corrected chi connectivity index (χ3v) is 5.20. The summed E-state index contributed by atoms with van der Waals surface area (Å²) in [6.07, 6.45) is 3.54. The fraction of sp³-hybridized carbons (Fsp3) is 0.294. The summed E-state index contributed by atoms with van der Waals surface area (Å²) in [4.78, 5) is -0.00667. The Bertz CT molecular complexity index is 564. The van der Waals surface area contributed by atoms with Crippen molar-refractivity contribution in [3.63, 3.8) is 0 Å². The minimum atomic E-state index is -0.230. The van der Waals surface area contributed by atoms with Crippen molar-refractivity contribution in [2.75, 3.05) is 0 Å². The van der Waals surface area contributed by atoms with Gasteiger partial charge in [0.15, 0.2) is 0 Å². The van der Waals surface area contributed by atoms with Crippen molar-refractivity contribution in [2.45, 2.75) is 31.0 Å². The summed E-state index contributed by atoms with van der Waals surface area (Å²) < 4.78 is 14.1. The Morgan fingerprint density at radius 3 is 2.45 bits per heavy atom. The van der Waals surface area contributed by atoms with Crippen molar-refractivity contribution in [1.29, 1.82) is 0 Å². The van der Waals surface area contributed by atoms with Crippen LogP contribution in [0.5, 0.6) is 0 Å². The maximum Gasteiger partial charge on any atom is 0.137 e. The average Bonchev–Trinajstić information content (AvgIpc) is 2.48. The molecule has 0 N–H and O–H groups in total. The van der Waals surface area contributed by atoms with E-state index in [0.29, 0.717) is 4.47 Å². The fourth-order valence-electron chi connectivity index (χ4n) is 2.13. The monoisotopic (exact) mass is 398 g/mol. The van der Waals surface area contributed by atoms with Gasteiger partial charge in [-0.1, -0.05) is 65.7 Å². The molecule has 0 aromatic heterocycles. The molecule has 1 atom stereocenters. The van der Waals surface area contributed by atoms with Crippen LogP contribution in [0.2, 0.25) is 0 Å². The lowest BCUT2D eigenvalue weighted by molar-refractivity contribution is 0.619. The van der Waals surface area contributed by atoms with Crippen LogP contribution in [0.15, 0.2) is 46.9 Å². The Labute approximate surface area is 136 Å². The van der Waals surface area contributed by atoms with E-state index in [2.05, 4.69) is 63.0 Å². The van der Waals surface area contributed by atoms with E-state index in [-0.39, 0.29) is 10.6 Å².